The first-order chi connectivity index (χ1) is 20.0. The Morgan fingerprint density at radius 3 is 1.56 bits per heavy atom. The van der Waals surface area contributed by atoms with E-state index in [1.165, 1.54) is 5.32 Å². The van der Waals surface area contributed by atoms with Gasteiger partial charge in [0, 0.05) is 52.4 Å². The Morgan fingerprint density at radius 1 is 0.585 bits per heavy atom. The molecule has 0 aliphatic carbocycles. The molecule has 0 unspecified atom stereocenters. The topological polar surface area (TPSA) is 250 Å². The van der Waals surface area contributed by atoms with E-state index in [2.05, 4.69) is 27.0 Å². The number of rotatable bonds is 29. The number of ether oxygens (including phenoxy) is 4. The van der Waals surface area contributed by atoms with Crippen LogP contribution >= 0.6 is 0 Å². The van der Waals surface area contributed by atoms with Gasteiger partial charge < -0.3 is 55.8 Å². The first-order valence-electron chi connectivity index (χ1n) is 13.3. The lowest BCUT2D eigenvalue weighted by Crippen LogP contribution is -2.52. The zero-order valence-electron chi connectivity index (χ0n) is 23.6. The summed E-state index contributed by atoms with van der Waals surface area (Å²) in [4.78, 5) is 63.6. The summed E-state index contributed by atoms with van der Waals surface area (Å²) in [7, 11) is 0. The molecule has 8 N–H and O–H groups in total. The van der Waals surface area contributed by atoms with Crippen LogP contribution in [-0.2, 0) is 47.7 Å². The van der Waals surface area contributed by atoms with Crippen LogP contribution in [-0.4, -0.2) is 141 Å². The number of carboxylic acid groups (broad SMARTS) is 1. The van der Waals surface area contributed by atoms with Crippen molar-refractivity contribution in [3.63, 3.8) is 0 Å². The lowest BCUT2D eigenvalue weighted by atomic mass is 10.2. The highest BCUT2D eigenvalue weighted by molar-refractivity contribution is 6.77. The number of imide groups is 1. The first-order valence-corrected chi connectivity index (χ1v) is 13.3. The van der Waals surface area contributed by atoms with Crippen LogP contribution in [0.25, 0.3) is 0 Å². The average molecular weight is 595 g/mol. The molecule has 17 nitrogen and oxygen atoms in total. The van der Waals surface area contributed by atoms with Crippen LogP contribution in [0.2, 0.25) is 0 Å². The van der Waals surface area contributed by atoms with Gasteiger partial charge in [-0.1, -0.05) is 0 Å². The highest BCUT2D eigenvalue weighted by Crippen LogP contribution is 1.85. The SMILES string of the molecule is O=C[O-].[NH3+]CCOCCCNCCNCCOCCOCCOCCCNCCNC(=O)C(=O)C(=O)C(=O)NC=O. The molecule has 3 amide bonds. The van der Waals surface area contributed by atoms with Crippen LogP contribution < -0.4 is 37.4 Å². The molecule has 0 heterocycles. The van der Waals surface area contributed by atoms with Gasteiger partial charge in [-0.2, -0.15) is 0 Å². The van der Waals surface area contributed by atoms with E-state index in [0.29, 0.717) is 52.7 Å². The van der Waals surface area contributed by atoms with Gasteiger partial charge in [0.05, 0.1) is 46.2 Å². The van der Waals surface area contributed by atoms with E-state index in [-0.39, 0.29) is 13.0 Å². The summed E-state index contributed by atoms with van der Waals surface area (Å²) in [6.07, 6.45) is 1.69. The van der Waals surface area contributed by atoms with E-state index in [0.717, 1.165) is 58.8 Å². The van der Waals surface area contributed by atoms with Crippen molar-refractivity contribution in [2.45, 2.75) is 12.8 Å². The fourth-order valence-electron chi connectivity index (χ4n) is 2.71. The van der Waals surface area contributed by atoms with Gasteiger partial charge in [0.1, 0.15) is 0 Å². The highest BCUT2D eigenvalue weighted by Gasteiger charge is 2.28. The van der Waals surface area contributed by atoms with Crippen molar-refractivity contribution in [2.24, 2.45) is 0 Å². The molecule has 0 atom stereocenters. The van der Waals surface area contributed by atoms with Gasteiger partial charge >= 0.3 is 5.91 Å². The Balaban J connectivity index is 0. The van der Waals surface area contributed by atoms with Crippen LogP contribution in [0, 0.1) is 0 Å². The molecule has 0 saturated carbocycles. The number of hydrogen-bond donors (Lipinski definition) is 6. The van der Waals surface area contributed by atoms with Crippen molar-refractivity contribution in [3.8, 4) is 0 Å². The second-order valence-electron chi connectivity index (χ2n) is 7.86. The van der Waals surface area contributed by atoms with E-state index >= 15 is 0 Å². The highest BCUT2D eigenvalue weighted by atomic mass is 16.5. The quantitative estimate of drug-likeness (QED) is 0.0204. The number of carbonyl (C=O) groups excluding carboxylic acids is 6. The first kappa shape index (κ1) is 40.2. The van der Waals surface area contributed by atoms with Crippen molar-refractivity contribution < 1.29 is 58.6 Å². The molecule has 0 bridgehead atoms. The van der Waals surface area contributed by atoms with Crippen molar-refractivity contribution in [1.29, 1.82) is 0 Å². The fraction of sp³-hybridized carbons (Fsp3) is 0.750. The zero-order chi connectivity index (χ0) is 30.8. The summed E-state index contributed by atoms with van der Waals surface area (Å²) in [5.74, 6) is -5.77. The third-order valence-electron chi connectivity index (χ3n) is 4.61. The number of Topliss-reactive ketones (excluding diaryl/α,β-unsaturated/α-hetero) is 2. The third-order valence-corrected chi connectivity index (χ3v) is 4.61. The van der Waals surface area contributed by atoms with E-state index in [4.69, 9.17) is 28.8 Å². The molecule has 0 aromatic heterocycles. The second-order valence-corrected chi connectivity index (χ2v) is 7.86. The van der Waals surface area contributed by atoms with E-state index in [1.54, 1.807) is 0 Å². The number of carbonyl (C=O) groups is 6. The van der Waals surface area contributed by atoms with Crippen molar-refractivity contribution in [2.75, 3.05) is 105 Å². The molecule has 0 spiro atoms. The van der Waals surface area contributed by atoms with Gasteiger partial charge in [-0.05, 0) is 25.9 Å². The molecule has 0 radical (unpaired) electrons. The minimum Gasteiger partial charge on any atom is -0.554 e. The van der Waals surface area contributed by atoms with Gasteiger partial charge in [-0.3, -0.25) is 29.3 Å². The molecule has 41 heavy (non-hydrogen) atoms. The molecule has 0 aromatic rings. The van der Waals surface area contributed by atoms with Crippen LogP contribution in [0.15, 0.2) is 0 Å². The smallest absolute Gasteiger partial charge is 0.302 e. The standard InChI is InChI=1S/C23H44N6O9.CH2O2/c24-3-13-35-11-1-4-25-6-7-27-10-14-37-16-18-38-17-15-36-12-2-5-26-8-9-28-22(33)20(31)21(32)23(34)29-19-30;2-1-3/h19,25-27H,1-18,24H2,(H,28,33)(H,29,30,34);1H,(H,2,3). The van der Waals surface area contributed by atoms with Gasteiger partial charge in [0.25, 0.3) is 17.5 Å². The average Bonchev–Trinajstić information content (AvgIpc) is 2.96. The van der Waals surface area contributed by atoms with Crippen molar-refractivity contribution in [3.05, 3.63) is 0 Å². The van der Waals surface area contributed by atoms with Crippen LogP contribution in [0.5, 0.6) is 0 Å². The molecule has 238 valence electrons. The Bertz CT molecular complexity index is 701. The molecule has 0 fully saturated rings. The summed E-state index contributed by atoms with van der Waals surface area (Å²) in [6, 6.07) is 0. The number of amides is 3. The summed E-state index contributed by atoms with van der Waals surface area (Å²) in [5.41, 5.74) is 3.73. The number of ketones is 2. The Morgan fingerprint density at radius 2 is 1.02 bits per heavy atom. The Kier molecular flexibility index (Phi) is 32.7. The van der Waals surface area contributed by atoms with E-state index < -0.39 is 29.9 Å². The van der Waals surface area contributed by atoms with Crippen molar-refractivity contribution in [1.82, 2.24) is 26.6 Å². The molecule has 0 aliphatic heterocycles. The Hall–Kier alpha value is -2.90. The predicted octanol–water partition coefficient (Wildman–Crippen LogP) is -6.26. The summed E-state index contributed by atoms with van der Waals surface area (Å²) < 4.78 is 21.8. The van der Waals surface area contributed by atoms with Crippen molar-refractivity contribution >= 4 is 36.3 Å². The lowest BCUT2D eigenvalue weighted by Gasteiger charge is -2.09. The zero-order valence-corrected chi connectivity index (χ0v) is 23.6. The van der Waals surface area contributed by atoms with Gasteiger partial charge in [-0.15, -0.1) is 0 Å². The van der Waals surface area contributed by atoms with Gasteiger partial charge in [-0.25, -0.2) is 0 Å². The number of nitrogens with one attached hydrogen (secondary N) is 5. The molecular formula is C24H46N6O11. The lowest BCUT2D eigenvalue weighted by molar-refractivity contribution is -0.374. The van der Waals surface area contributed by atoms with Crippen LogP contribution in [0.1, 0.15) is 12.8 Å². The maximum atomic E-state index is 11.5. The Labute approximate surface area is 239 Å². The molecule has 0 aromatic carbocycles. The monoisotopic (exact) mass is 594 g/mol. The molecule has 0 rings (SSSR count). The largest absolute Gasteiger partial charge is 0.554 e. The molecular weight excluding hydrogens is 548 g/mol. The molecule has 0 saturated heterocycles. The van der Waals surface area contributed by atoms with E-state index in [1.807, 2.05) is 0 Å². The van der Waals surface area contributed by atoms with E-state index in [9.17, 15) is 24.0 Å². The number of hydrogen-bond acceptors (Lipinski definition) is 14. The molecule has 17 heteroatoms. The summed E-state index contributed by atoms with van der Waals surface area (Å²) >= 11 is 0. The maximum absolute atomic E-state index is 11.5. The van der Waals surface area contributed by atoms with Crippen LogP contribution in [0.3, 0.4) is 0 Å². The third kappa shape index (κ3) is 29.9. The van der Waals surface area contributed by atoms with Gasteiger partial charge in [0.2, 0.25) is 6.41 Å². The second kappa shape index (κ2) is 33.3. The summed E-state index contributed by atoms with van der Waals surface area (Å²) in [6.45, 7) is 9.54. The minimum absolute atomic E-state index is 0.0456. The predicted molar refractivity (Wildman–Crippen MR) is 142 cm³/mol. The minimum atomic E-state index is -1.60. The summed E-state index contributed by atoms with van der Waals surface area (Å²) in [5, 5.41) is 21.7. The number of quaternary nitrogens is 1. The fourth-order valence-corrected chi connectivity index (χ4v) is 2.71. The van der Waals surface area contributed by atoms with Gasteiger partial charge in [0.15, 0.2) is 0 Å². The van der Waals surface area contributed by atoms with Crippen LogP contribution in [0.4, 0.5) is 0 Å². The molecule has 0 aliphatic rings. The normalized spacial score (nSPS) is 10.3. The maximum Gasteiger partial charge on any atom is 0.302 e.